The summed E-state index contributed by atoms with van der Waals surface area (Å²) in [5.74, 6) is 0.877. The number of hydrogen-bond acceptors (Lipinski definition) is 4. The normalized spacial score (nSPS) is 18.7. The molecule has 1 aliphatic rings. The summed E-state index contributed by atoms with van der Waals surface area (Å²) in [6.07, 6.45) is 3.05. The molecule has 0 spiro atoms. The van der Waals surface area contributed by atoms with E-state index in [1.165, 1.54) is 11.6 Å². The van der Waals surface area contributed by atoms with E-state index in [9.17, 15) is 9.59 Å². The summed E-state index contributed by atoms with van der Waals surface area (Å²) in [4.78, 5) is 29.1. The molecule has 1 fully saturated rings. The van der Waals surface area contributed by atoms with Crippen molar-refractivity contribution in [2.24, 2.45) is 14.1 Å². The highest BCUT2D eigenvalue weighted by Crippen LogP contribution is 2.25. The van der Waals surface area contributed by atoms with Crippen molar-refractivity contribution in [1.82, 2.24) is 24.0 Å². The van der Waals surface area contributed by atoms with E-state index in [-0.39, 0.29) is 17.3 Å². The van der Waals surface area contributed by atoms with Crippen LogP contribution in [0.25, 0.3) is 11.2 Å². The van der Waals surface area contributed by atoms with Crippen LogP contribution >= 0.6 is 0 Å². The third-order valence-corrected chi connectivity index (χ3v) is 4.19. The molecular formula is C14H21N5O2. The lowest BCUT2D eigenvalue weighted by atomic mass is 10.2. The van der Waals surface area contributed by atoms with E-state index in [2.05, 4.69) is 17.2 Å². The molecule has 3 rings (SSSR count). The predicted molar refractivity (Wildman–Crippen MR) is 80.5 cm³/mol. The van der Waals surface area contributed by atoms with E-state index in [4.69, 9.17) is 0 Å². The second kappa shape index (κ2) is 5.14. The highest BCUT2D eigenvalue weighted by atomic mass is 16.2. The third-order valence-electron chi connectivity index (χ3n) is 4.19. The Hall–Kier alpha value is -1.89. The molecule has 0 aromatic carbocycles. The Labute approximate surface area is 122 Å². The molecular weight excluding hydrogens is 270 g/mol. The van der Waals surface area contributed by atoms with Crippen LogP contribution in [0.3, 0.4) is 0 Å². The average molecular weight is 291 g/mol. The van der Waals surface area contributed by atoms with Crippen molar-refractivity contribution in [2.45, 2.75) is 38.8 Å². The van der Waals surface area contributed by atoms with Crippen LogP contribution in [0.5, 0.6) is 0 Å². The fraction of sp³-hybridized carbons (Fsp3) is 0.643. The fourth-order valence-corrected chi connectivity index (χ4v) is 3.12. The van der Waals surface area contributed by atoms with Gasteiger partial charge in [-0.2, -0.15) is 0 Å². The Morgan fingerprint density at radius 1 is 1.29 bits per heavy atom. The van der Waals surface area contributed by atoms with Gasteiger partial charge in [0, 0.05) is 20.6 Å². The van der Waals surface area contributed by atoms with Crippen LogP contribution in [0.15, 0.2) is 9.59 Å². The van der Waals surface area contributed by atoms with Crippen molar-refractivity contribution >= 4 is 11.2 Å². The molecule has 0 bridgehead atoms. The number of aryl methyl sites for hydroxylation is 2. The first-order valence-electron chi connectivity index (χ1n) is 7.45. The average Bonchev–Trinajstić information content (AvgIpc) is 3.10. The van der Waals surface area contributed by atoms with Gasteiger partial charge in [0.1, 0.15) is 11.5 Å². The van der Waals surface area contributed by atoms with Crippen LogP contribution in [-0.4, -0.2) is 25.2 Å². The molecule has 2 aromatic heterocycles. The van der Waals surface area contributed by atoms with Gasteiger partial charge in [-0.15, -0.1) is 0 Å². The van der Waals surface area contributed by atoms with Gasteiger partial charge in [0.15, 0.2) is 5.52 Å². The minimum atomic E-state index is -0.317. The van der Waals surface area contributed by atoms with Crippen molar-refractivity contribution < 1.29 is 0 Å². The maximum absolute atomic E-state index is 12.3. The number of hydrogen-bond donors (Lipinski definition) is 1. The summed E-state index contributed by atoms with van der Waals surface area (Å²) in [6, 6.07) is 0.170. The summed E-state index contributed by atoms with van der Waals surface area (Å²) in [5.41, 5.74) is 0.392. The summed E-state index contributed by atoms with van der Waals surface area (Å²) in [5, 5.41) is 3.42. The lowest BCUT2D eigenvalue weighted by Gasteiger charge is -2.14. The Morgan fingerprint density at radius 3 is 2.67 bits per heavy atom. The monoisotopic (exact) mass is 291 g/mol. The summed E-state index contributed by atoms with van der Waals surface area (Å²) < 4.78 is 4.68. The van der Waals surface area contributed by atoms with Gasteiger partial charge in [0.05, 0.1) is 6.04 Å². The van der Waals surface area contributed by atoms with Crippen molar-refractivity contribution in [2.75, 3.05) is 6.54 Å². The molecule has 0 radical (unpaired) electrons. The summed E-state index contributed by atoms with van der Waals surface area (Å²) in [6.45, 7) is 3.80. The van der Waals surface area contributed by atoms with Gasteiger partial charge in [-0.1, -0.05) is 6.92 Å². The quantitative estimate of drug-likeness (QED) is 0.881. The van der Waals surface area contributed by atoms with Gasteiger partial charge >= 0.3 is 5.69 Å². The molecule has 3 heterocycles. The van der Waals surface area contributed by atoms with E-state index < -0.39 is 0 Å². The van der Waals surface area contributed by atoms with Gasteiger partial charge in [-0.05, 0) is 25.8 Å². The number of nitrogens with zero attached hydrogens (tertiary/aromatic N) is 4. The molecule has 1 atom stereocenters. The molecule has 21 heavy (non-hydrogen) atoms. The molecule has 0 saturated carbocycles. The molecule has 1 saturated heterocycles. The first kappa shape index (κ1) is 14.1. The first-order valence-corrected chi connectivity index (χ1v) is 7.45. The maximum Gasteiger partial charge on any atom is 0.332 e. The zero-order chi connectivity index (χ0) is 15.1. The third kappa shape index (κ3) is 2.03. The summed E-state index contributed by atoms with van der Waals surface area (Å²) in [7, 11) is 3.19. The second-order valence-electron chi connectivity index (χ2n) is 5.65. The van der Waals surface area contributed by atoms with Crippen LogP contribution in [0.2, 0.25) is 0 Å². The Morgan fingerprint density at radius 2 is 2.05 bits per heavy atom. The zero-order valence-corrected chi connectivity index (χ0v) is 12.7. The Bertz CT molecular complexity index is 792. The topological polar surface area (TPSA) is 73.8 Å². The molecule has 2 aromatic rings. The standard InChI is InChI=1S/C14H21N5O2/c1-4-8-19-11(9-6-5-7-15-9)16-10-12(19)17(2)14(21)18(3)13(10)20/h9,15H,4-8H2,1-3H3. The summed E-state index contributed by atoms with van der Waals surface area (Å²) >= 11 is 0. The van der Waals surface area contributed by atoms with Crippen molar-refractivity contribution in [1.29, 1.82) is 0 Å². The van der Waals surface area contributed by atoms with Crippen molar-refractivity contribution in [3.63, 3.8) is 0 Å². The van der Waals surface area contributed by atoms with Crippen LogP contribution in [0, 0.1) is 0 Å². The minimum absolute atomic E-state index is 0.170. The van der Waals surface area contributed by atoms with E-state index in [1.807, 2.05) is 4.57 Å². The highest BCUT2D eigenvalue weighted by molar-refractivity contribution is 5.71. The molecule has 7 heteroatoms. The number of aromatic nitrogens is 4. The van der Waals surface area contributed by atoms with Crippen LogP contribution in [0.1, 0.15) is 38.1 Å². The van der Waals surface area contributed by atoms with Crippen molar-refractivity contribution in [3.05, 3.63) is 26.7 Å². The van der Waals surface area contributed by atoms with Crippen LogP contribution < -0.4 is 16.6 Å². The van der Waals surface area contributed by atoms with E-state index in [0.29, 0.717) is 11.2 Å². The van der Waals surface area contributed by atoms with Gasteiger partial charge in [0.25, 0.3) is 5.56 Å². The smallest absolute Gasteiger partial charge is 0.313 e. The van der Waals surface area contributed by atoms with E-state index in [0.717, 1.165) is 42.7 Å². The largest absolute Gasteiger partial charge is 0.332 e. The maximum atomic E-state index is 12.3. The van der Waals surface area contributed by atoms with Crippen LogP contribution in [-0.2, 0) is 20.6 Å². The molecule has 1 unspecified atom stereocenters. The second-order valence-corrected chi connectivity index (χ2v) is 5.65. The van der Waals surface area contributed by atoms with E-state index >= 15 is 0 Å². The lowest BCUT2D eigenvalue weighted by Crippen LogP contribution is -2.37. The minimum Gasteiger partial charge on any atom is -0.313 e. The van der Waals surface area contributed by atoms with Gasteiger partial charge in [-0.3, -0.25) is 13.9 Å². The van der Waals surface area contributed by atoms with Crippen molar-refractivity contribution in [3.8, 4) is 0 Å². The predicted octanol–water partition coefficient (Wildman–Crippen LogP) is 0.268. The number of rotatable bonds is 3. The highest BCUT2D eigenvalue weighted by Gasteiger charge is 2.25. The van der Waals surface area contributed by atoms with Crippen LogP contribution in [0.4, 0.5) is 0 Å². The molecule has 1 aliphatic heterocycles. The molecule has 1 N–H and O–H groups in total. The number of nitrogens with one attached hydrogen (secondary N) is 1. The molecule has 114 valence electrons. The Kier molecular flexibility index (Phi) is 3.44. The fourth-order valence-electron chi connectivity index (χ4n) is 3.12. The van der Waals surface area contributed by atoms with Gasteiger partial charge < -0.3 is 9.88 Å². The molecule has 7 nitrogen and oxygen atoms in total. The Balaban J connectivity index is 2.37. The number of fused-ring (bicyclic) bond motifs is 1. The zero-order valence-electron chi connectivity index (χ0n) is 12.7. The lowest BCUT2D eigenvalue weighted by molar-refractivity contribution is 0.543. The first-order chi connectivity index (χ1) is 10.1. The SMILES string of the molecule is CCCn1c(C2CCCN2)nc2c(=O)n(C)c(=O)n(C)c21. The van der Waals surface area contributed by atoms with E-state index in [1.54, 1.807) is 7.05 Å². The molecule has 0 amide bonds. The number of imidazole rings is 1. The van der Waals surface area contributed by atoms with Gasteiger partial charge in [0.2, 0.25) is 0 Å². The molecule has 0 aliphatic carbocycles. The van der Waals surface area contributed by atoms with Gasteiger partial charge in [-0.25, -0.2) is 9.78 Å².